The van der Waals surface area contributed by atoms with Crippen LogP contribution in [0.1, 0.15) is 10.5 Å². The zero-order valence-electron chi connectivity index (χ0n) is 8.45. The Morgan fingerprint density at radius 3 is 3.00 bits per heavy atom. The number of fused-ring (bicyclic) bond motifs is 1. The van der Waals surface area contributed by atoms with E-state index in [4.69, 9.17) is 9.63 Å². The fraction of sp³-hybridized carbons (Fsp3) is 0. The van der Waals surface area contributed by atoms with Crippen LogP contribution in [0.4, 0.5) is 0 Å². The highest BCUT2D eigenvalue weighted by molar-refractivity contribution is 7.16. The van der Waals surface area contributed by atoms with E-state index in [1.165, 1.54) is 17.4 Å². The largest absolute Gasteiger partial charge is 0.476 e. The molecule has 5 nitrogen and oxygen atoms in total. The standard InChI is InChI=1S/C11H6N2O3S/c14-11(15)8-4-9(16-13-8)6-1-2-7-10(3-6)17-5-12-7/h1-5H,(H,14,15). The number of hydrogen-bond donors (Lipinski definition) is 1. The van der Waals surface area contributed by atoms with E-state index < -0.39 is 5.97 Å². The van der Waals surface area contributed by atoms with Gasteiger partial charge in [0.1, 0.15) is 0 Å². The van der Waals surface area contributed by atoms with Gasteiger partial charge in [-0.3, -0.25) is 0 Å². The predicted octanol–water partition coefficient (Wildman–Crippen LogP) is 2.65. The quantitative estimate of drug-likeness (QED) is 0.752. The average molecular weight is 246 g/mol. The average Bonchev–Trinajstić information content (AvgIpc) is 2.97. The third-order valence-electron chi connectivity index (χ3n) is 2.35. The van der Waals surface area contributed by atoms with Crippen LogP contribution in [0.3, 0.4) is 0 Å². The summed E-state index contributed by atoms with van der Waals surface area (Å²) in [6, 6.07) is 7.00. The van der Waals surface area contributed by atoms with Crippen molar-refractivity contribution < 1.29 is 14.4 Å². The molecular weight excluding hydrogens is 240 g/mol. The molecule has 0 spiro atoms. The third kappa shape index (κ3) is 1.68. The molecule has 0 aliphatic heterocycles. The number of aromatic nitrogens is 2. The number of benzene rings is 1. The molecule has 1 aromatic carbocycles. The van der Waals surface area contributed by atoms with Gasteiger partial charge in [-0.15, -0.1) is 11.3 Å². The van der Waals surface area contributed by atoms with E-state index in [0.29, 0.717) is 5.76 Å². The minimum atomic E-state index is -1.10. The Hall–Kier alpha value is -2.21. The van der Waals surface area contributed by atoms with Gasteiger partial charge in [-0.2, -0.15) is 0 Å². The van der Waals surface area contributed by atoms with Crippen molar-refractivity contribution in [2.45, 2.75) is 0 Å². The molecule has 3 rings (SSSR count). The smallest absolute Gasteiger partial charge is 0.358 e. The van der Waals surface area contributed by atoms with E-state index in [9.17, 15) is 4.79 Å². The van der Waals surface area contributed by atoms with Gasteiger partial charge in [0, 0.05) is 11.6 Å². The molecule has 2 aromatic heterocycles. The first-order valence-electron chi connectivity index (χ1n) is 4.78. The molecule has 17 heavy (non-hydrogen) atoms. The van der Waals surface area contributed by atoms with Crippen LogP contribution in [0.2, 0.25) is 0 Å². The third-order valence-corrected chi connectivity index (χ3v) is 3.14. The molecule has 2 heterocycles. The zero-order valence-corrected chi connectivity index (χ0v) is 9.27. The van der Waals surface area contributed by atoms with Gasteiger partial charge in [0.15, 0.2) is 11.5 Å². The maximum absolute atomic E-state index is 10.7. The molecule has 3 aromatic rings. The van der Waals surface area contributed by atoms with E-state index >= 15 is 0 Å². The number of nitrogens with zero attached hydrogens (tertiary/aromatic N) is 2. The van der Waals surface area contributed by atoms with E-state index in [0.717, 1.165) is 15.8 Å². The van der Waals surface area contributed by atoms with Crippen LogP contribution in [0.15, 0.2) is 34.3 Å². The topological polar surface area (TPSA) is 76.2 Å². The van der Waals surface area contributed by atoms with Crippen molar-refractivity contribution >= 4 is 27.5 Å². The number of aromatic carboxylic acids is 1. The number of rotatable bonds is 2. The van der Waals surface area contributed by atoms with Crippen molar-refractivity contribution in [1.29, 1.82) is 0 Å². The van der Waals surface area contributed by atoms with Gasteiger partial charge in [0.25, 0.3) is 0 Å². The second kappa shape index (κ2) is 3.67. The fourth-order valence-electron chi connectivity index (χ4n) is 1.52. The highest BCUT2D eigenvalue weighted by atomic mass is 32.1. The summed E-state index contributed by atoms with van der Waals surface area (Å²) in [4.78, 5) is 14.9. The van der Waals surface area contributed by atoms with Crippen LogP contribution in [-0.4, -0.2) is 21.2 Å². The lowest BCUT2D eigenvalue weighted by atomic mass is 10.1. The minimum Gasteiger partial charge on any atom is -0.476 e. The van der Waals surface area contributed by atoms with Crippen molar-refractivity contribution in [2.75, 3.05) is 0 Å². The summed E-state index contributed by atoms with van der Waals surface area (Å²) in [7, 11) is 0. The molecule has 0 fully saturated rings. The molecule has 0 atom stereocenters. The van der Waals surface area contributed by atoms with Crippen LogP contribution in [0, 0.1) is 0 Å². The lowest BCUT2D eigenvalue weighted by Crippen LogP contribution is -1.94. The second-order valence-corrected chi connectivity index (χ2v) is 4.30. The molecular formula is C11H6N2O3S. The van der Waals surface area contributed by atoms with Crippen molar-refractivity contribution in [3.63, 3.8) is 0 Å². The highest BCUT2D eigenvalue weighted by Crippen LogP contribution is 2.26. The number of hydrogen-bond acceptors (Lipinski definition) is 5. The first-order valence-corrected chi connectivity index (χ1v) is 5.65. The van der Waals surface area contributed by atoms with Crippen molar-refractivity contribution in [1.82, 2.24) is 10.1 Å². The van der Waals surface area contributed by atoms with Gasteiger partial charge < -0.3 is 9.63 Å². The van der Waals surface area contributed by atoms with Gasteiger partial charge >= 0.3 is 5.97 Å². The zero-order chi connectivity index (χ0) is 11.8. The summed E-state index contributed by atoms with van der Waals surface area (Å²) >= 11 is 1.52. The molecule has 84 valence electrons. The Kier molecular flexibility index (Phi) is 2.15. The van der Waals surface area contributed by atoms with Crippen molar-refractivity contribution in [3.8, 4) is 11.3 Å². The molecule has 0 saturated carbocycles. The van der Waals surface area contributed by atoms with Gasteiger partial charge in [-0.25, -0.2) is 9.78 Å². The molecule has 0 aliphatic rings. The van der Waals surface area contributed by atoms with Crippen LogP contribution in [-0.2, 0) is 0 Å². The molecule has 0 aliphatic carbocycles. The Morgan fingerprint density at radius 2 is 2.24 bits per heavy atom. The Morgan fingerprint density at radius 1 is 1.35 bits per heavy atom. The molecule has 0 bridgehead atoms. The molecule has 0 unspecified atom stereocenters. The molecule has 0 radical (unpaired) electrons. The number of thiazole rings is 1. The number of carboxylic acid groups (broad SMARTS) is 1. The normalized spacial score (nSPS) is 10.8. The van der Waals surface area contributed by atoms with E-state index in [-0.39, 0.29) is 5.69 Å². The van der Waals surface area contributed by atoms with Crippen LogP contribution in [0.25, 0.3) is 21.5 Å². The summed E-state index contributed by atoms with van der Waals surface area (Å²) in [5.41, 5.74) is 3.38. The Balaban J connectivity index is 2.09. The fourth-order valence-corrected chi connectivity index (χ4v) is 2.24. The minimum absolute atomic E-state index is 0.0931. The number of carboxylic acids is 1. The Labute approximate surface area is 99.3 Å². The van der Waals surface area contributed by atoms with Gasteiger partial charge in [-0.1, -0.05) is 5.16 Å². The monoisotopic (exact) mass is 246 g/mol. The highest BCUT2D eigenvalue weighted by Gasteiger charge is 2.12. The summed E-state index contributed by atoms with van der Waals surface area (Å²) in [6.07, 6.45) is 0. The summed E-state index contributed by atoms with van der Waals surface area (Å²) in [5, 5.41) is 12.2. The first-order chi connectivity index (χ1) is 8.24. The maximum atomic E-state index is 10.7. The van der Waals surface area contributed by atoms with Gasteiger partial charge in [-0.05, 0) is 18.2 Å². The lowest BCUT2D eigenvalue weighted by Gasteiger charge is -1.94. The van der Waals surface area contributed by atoms with Gasteiger partial charge in [0.05, 0.1) is 15.7 Å². The summed E-state index contributed by atoms with van der Waals surface area (Å²) in [6.45, 7) is 0. The summed E-state index contributed by atoms with van der Waals surface area (Å²) in [5.74, 6) is -0.656. The molecule has 0 amide bonds. The second-order valence-electron chi connectivity index (χ2n) is 3.42. The molecule has 0 saturated heterocycles. The molecule has 6 heteroatoms. The van der Waals surface area contributed by atoms with E-state index in [1.807, 2.05) is 18.2 Å². The van der Waals surface area contributed by atoms with Crippen molar-refractivity contribution in [3.05, 3.63) is 35.5 Å². The maximum Gasteiger partial charge on any atom is 0.358 e. The van der Waals surface area contributed by atoms with E-state index in [2.05, 4.69) is 10.1 Å². The Bertz CT molecular complexity index is 701. The van der Waals surface area contributed by atoms with Crippen molar-refractivity contribution in [2.24, 2.45) is 0 Å². The van der Waals surface area contributed by atoms with E-state index in [1.54, 1.807) is 5.51 Å². The van der Waals surface area contributed by atoms with Crippen LogP contribution in [0.5, 0.6) is 0 Å². The van der Waals surface area contributed by atoms with Gasteiger partial charge in [0.2, 0.25) is 0 Å². The molecule has 1 N–H and O–H groups in total. The predicted molar refractivity (Wildman–Crippen MR) is 62.1 cm³/mol. The first kappa shape index (κ1) is 9.98. The summed E-state index contributed by atoms with van der Waals surface area (Å²) < 4.78 is 6.01. The SMILES string of the molecule is O=C(O)c1cc(-c2ccc3ncsc3c2)on1. The van der Waals surface area contributed by atoms with Crippen LogP contribution >= 0.6 is 11.3 Å². The van der Waals surface area contributed by atoms with Crippen LogP contribution < -0.4 is 0 Å². The lowest BCUT2D eigenvalue weighted by molar-refractivity contribution is 0.0686. The number of carbonyl (C=O) groups is 1.